The van der Waals surface area contributed by atoms with Crippen LogP contribution in [0.25, 0.3) is 11.2 Å². The minimum absolute atomic E-state index is 0.0922. The van der Waals surface area contributed by atoms with Gasteiger partial charge in [0, 0.05) is 10.6 Å². The Balaban J connectivity index is 1.88. The van der Waals surface area contributed by atoms with Crippen molar-refractivity contribution in [1.82, 2.24) is 19.9 Å². The highest BCUT2D eigenvalue weighted by atomic mass is 35.5. The normalized spacial score (nSPS) is 10.7. The van der Waals surface area contributed by atoms with Crippen LogP contribution in [0.2, 0.25) is 10.2 Å². The molecule has 0 radical (unpaired) electrons. The van der Waals surface area contributed by atoms with Crippen LogP contribution >= 0.6 is 23.2 Å². The number of rotatable bonds is 2. The molecule has 20 heavy (non-hydrogen) atoms. The Kier molecular flexibility index (Phi) is 3.25. The predicted molar refractivity (Wildman–Crippen MR) is 76.1 cm³/mol. The number of amides is 1. The zero-order valence-corrected chi connectivity index (χ0v) is 11.4. The summed E-state index contributed by atoms with van der Waals surface area (Å²) < 4.78 is 0. The zero-order valence-electron chi connectivity index (χ0n) is 9.89. The number of halogens is 2. The van der Waals surface area contributed by atoms with Crippen LogP contribution in [-0.4, -0.2) is 25.8 Å². The number of fused-ring (bicyclic) bond motifs is 1. The van der Waals surface area contributed by atoms with E-state index < -0.39 is 0 Å². The summed E-state index contributed by atoms with van der Waals surface area (Å²) in [7, 11) is 0. The van der Waals surface area contributed by atoms with E-state index in [9.17, 15) is 4.79 Å². The fourth-order valence-electron chi connectivity index (χ4n) is 1.63. The summed E-state index contributed by atoms with van der Waals surface area (Å²) in [4.78, 5) is 26.9. The molecular formula is C12H7Cl2N5O. The van der Waals surface area contributed by atoms with E-state index in [2.05, 4.69) is 25.3 Å². The second-order valence-electron chi connectivity index (χ2n) is 3.90. The van der Waals surface area contributed by atoms with Crippen LogP contribution in [0.3, 0.4) is 0 Å². The van der Waals surface area contributed by atoms with Crippen LogP contribution in [-0.2, 0) is 0 Å². The number of H-pyrrole nitrogens is 1. The lowest BCUT2D eigenvalue weighted by atomic mass is 10.2. The summed E-state index contributed by atoms with van der Waals surface area (Å²) >= 11 is 11.7. The molecule has 0 fully saturated rings. The number of carbonyl (C=O) groups is 1. The number of hydrogen-bond donors (Lipinski definition) is 2. The molecule has 1 amide bonds. The second kappa shape index (κ2) is 5.07. The monoisotopic (exact) mass is 307 g/mol. The van der Waals surface area contributed by atoms with E-state index in [1.54, 1.807) is 24.3 Å². The smallest absolute Gasteiger partial charge is 0.258 e. The molecule has 0 bridgehead atoms. The first kappa shape index (κ1) is 12.8. The number of carbonyl (C=O) groups excluding carboxylic acids is 1. The molecule has 0 saturated heterocycles. The maximum atomic E-state index is 12.0. The van der Waals surface area contributed by atoms with Gasteiger partial charge in [-0.1, -0.05) is 23.2 Å². The highest BCUT2D eigenvalue weighted by molar-refractivity contribution is 6.33. The van der Waals surface area contributed by atoms with Crippen molar-refractivity contribution in [1.29, 1.82) is 0 Å². The van der Waals surface area contributed by atoms with Gasteiger partial charge >= 0.3 is 0 Å². The maximum Gasteiger partial charge on any atom is 0.258 e. The summed E-state index contributed by atoms with van der Waals surface area (Å²) in [6.45, 7) is 0. The molecule has 0 aliphatic rings. The quantitative estimate of drug-likeness (QED) is 0.713. The van der Waals surface area contributed by atoms with E-state index in [1.165, 1.54) is 6.33 Å². The first-order valence-corrected chi connectivity index (χ1v) is 6.32. The predicted octanol–water partition coefficient (Wildman–Crippen LogP) is 2.91. The third-order valence-electron chi connectivity index (χ3n) is 2.57. The van der Waals surface area contributed by atoms with E-state index >= 15 is 0 Å². The van der Waals surface area contributed by atoms with Gasteiger partial charge in [0.05, 0.1) is 6.33 Å². The van der Waals surface area contributed by atoms with Gasteiger partial charge in [0.2, 0.25) is 5.95 Å². The molecule has 0 saturated carbocycles. The first-order valence-electron chi connectivity index (χ1n) is 5.57. The highest BCUT2D eigenvalue weighted by Gasteiger charge is 2.11. The minimum atomic E-state index is -0.354. The fourth-order valence-corrected chi connectivity index (χ4v) is 1.97. The molecular weight excluding hydrogens is 301 g/mol. The lowest BCUT2D eigenvalue weighted by molar-refractivity contribution is 0.102. The fraction of sp³-hybridized carbons (Fsp3) is 0. The van der Waals surface area contributed by atoms with Crippen molar-refractivity contribution in [2.24, 2.45) is 0 Å². The van der Waals surface area contributed by atoms with Crippen molar-refractivity contribution in [2.75, 3.05) is 5.32 Å². The van der Waals surface area contributed by atoms with Crippen LogP contribution in [0.4, 0.5) is 5.95 Å². The molecule has 0 unspecified atom stereocenters. The molecule has 6 nitrogen and oxygen atoms in total. The average Bonchev–Trinajstić information content (AvgIpc) is 2.88. The Bertz CT molecular complexity index is 784. The van der Waals surface area contributed by atoms with Crippen LogP contribution in [0.5, 0.6) is 0 Å². The van der Waals surface area contributed by atoms with Gasteiger partial charge in [-0.15, -0.1) is 0 Å². The van der Waals surface area contributed by atoms with Crippen molar-refractivity contribution >= 4 is 46.2 Å². The van der Waals surface area contributed by atoms with Crippen LogP contribution in [0, 0.1) is 0 Å². The number of hydrogen-bond acceptors (Lipinski definition) is 4. The number of aromatic nitrogens is 4. The molecule has 100 valence electrons. The number of aromatic amines is 1. The Morgan fingerprint density at radius 1 is 1.15 bits per heavy atom. The summed E-state index contributed by atoms with van der Waals surface area (Å²) in [5, 5.41) is 3.31. The molecule has 3 aromatic rings. The molecule has 0 spiro atoms. The van der Waals surface area contributed by atoms with Gasteiger partial charge in [-0.05, 0) is 24.3 Å². The van der Waals surface area contributed by atoms with Crippen LogP contribution in [0.15, 0.2) is 30.6 Å². The Hall–Kier alpha value is -2.18. The summed E-state index contributed by atoms with van der Waals surface area (Å²) in [5.74, 6) is -0.262. The number of anilines is 1. The van der Waals surface area contributed by atoms with Crippen LogP contribution in [0.1, 0.15) is 10.4 Å². The van der Waals surface area contributed by atoms with Crippen molar-refractivity contribution in [3.05, 3.63) is 46.3 Å². The van der Waals surface area contributed by atoms with E-state index in [4.69, 9.17) is 23.2 Å². The van der Waals surface area contributed by atoms with E-state index in [0.29, 0.717) is 21.7 Å². The molecule has 8 heteroatoms. The lowest BCUT2D eigenvalue weighted by Gasteiger charge is -2.04. The molecule has 3 rings (SSSR count). The molecule has 2 N–H and O–H groups in total. The van der Waals surface area contributed by atoms with Gasteiger partial charge in [-0.2, -0.15) is 9.97 Å². The average molecular weight is 308 g/mol. The number of nitrogens with one attached hydrogen (secondary N) is 2. The van der Waals surface area contributed by atoms with Crippen molar-refractivity contribution in [3.8, 4) is 0 Å². The third-order valence-corrected chi connectivity index (χ3v) is 3.10. The zero-order chi connectivity index (χ0) is 14.1. The lowest BCUT2D eigenvalue weighted by Crippen LogP contribution is -2.14. The number of nitrogens with zero attached hydrogens (tertiary/aromatic N) is 3. The molecule has 0 aliphatic heterocycles. The van der Waals surface area contributed by atoms with E-state index in [1.807, 2.05) is 0 Å². The summed E-state index contributed by atoms with van der Waals surface area (Å²) in [5.41, 5.74) is 1.35. The van der Waals surface area contributed by atoms with Crippen molar-refractivity contribution in [3.63, 3.8) is 0 Å². The largest absolute Gasteiger partial charge is 0.341 e. The Morgan fingerprint density at radius 2 is 1.90 bits per heavy atom. The Morgan fingerprint density at radius 3 is 2.65 bits per heavy atom. The molecule has 1 aromatic carbocycles. The first-order chi connectivity index (χ1) is 9.63. The van der Waals surface area contributed by atoms with Gasteiger partial charge in [0.1, 0.15) is 5.52 Å². The maximum absolute atomic E-state index is 12.0. The summed E-state index contributed by atoms with van der Waals surface area (Å²) in [6.07, 6.45) is 1.45. The third kappa shape index (κ3) is 2.43. The van der Waals surface area contributed by atoms with Gasteiger partial charge in [-0.25, -0.2) is 4.98 Å². The second-order valence-corrected chi connectivity index (χ2v) is 4.69. The molecule has 2 aromatic heterocycles. The van der Waals surface area contributed by atoms with Crippen molar-refractivity contribution < 1.29 is 4.79 Å². The molecule has 0 aliphatic carbocycles. The topological polar surface area (TPSA) is 83.6 Å². The molecule has 2 heterocycles. The van der Waals surface area contributed by atoms with E-state index in [-0.39, 0.29) is 17.0 Å². The van der Waals surface area contributed by atoms with Gasteiger partial charge in [-0.3, -0.25) is 10.1 Å². The molecule has 0 atom stereocenters. The summed E-state index contributed by atoms with van der Waals surface area (Å²) in [6, 6.07) is 6.46. The van der Waals surface area contributed by atoms with Crippen molar-refractivity contribution in [2.45, 2.75) is 0 Å². The number of benzene rings is 1. The van der Waals surface area contributed by atoms with E-state index in [0.717, 1.165) is 0 Å². The Labute approximate surface area is 123 Å². The standard InChI is InChI=1S/C12H7Cl2N5O/c13-7-3-1-6(2-4-7)11(20)19-12-17-9(14)8-10(18-12)16-5-15-8/h1-5H,(H2,15,16,17,18,19,20). The minimum Gasteiger partial charge on any atom is -0.341 e. The highest BCUT2D eigenvalue weighted by Crippen LogP contribution is 2.18. The van der Waals surface area contributed by atoms with Crippen LogP contribution < -0.4 is 5.32 Å². The SMILES string of the molecule is O=C(Nc1nc(Cl)c2[nH]cnc2n1)c1ccc(Cl)cc1. The van der Waals surface area contributed by atoms with Gasteiger partial charge < -0.3 is 4.98 Å². The van der Waals surface area contributed by atoms with Gasteiger partial charge in [0.25, 0.3) is 5.91 Å². The van der Waals surface area contributed by atoms with Gasteiger partial charge in [0.15, 0.2) is 10.8 Å². The number of imidazole rings is 1.